The number of hydrogen-bond donors (Lipinski definition) is 0. The topological polar surface area (TPSA) is 128 Å². The molecule has 0 N–H and O–H groups in total. The van der Waals surface area contributed by atoms with Crippen molar-refractivity contribution in [1.29, 1.82) is 0 Å². The van der Waals surface area contributed by atoms with Crippen LogP contribution in [0.25, 0.3) is 27.8 Å². The second-order valence-corrected chi connectivity index (χ2v) is 8.56. The summed E-state index contributed by atoms with van der Waals surface area (Å²) in [7, 11) is 0. The summed E-state index contributed by atoms with van der Waals surface area (Å²) in [4.78, 5) is 36.6. The number of carbonyl (C=O) groups is 3. The first-order chi connectivity index (χ1) is 18.9. The molecule has 0 amide bonds. The van der Waals surface area contributed by atoms with Gasteiger partial charge in [-0.05, 0) is 44.4 Å². The van der Waals surface area contributed by atoms with Crippen molar-refractivity contribution in [1.82, 2.24) is 14.8 Å². The first kappa shape index (κ1) is 27.5. The molecule has 0 fully saturated rings. The molecule has 3 aromatic carbocycles. The lowest BCUT2D eigenvalue weighted by atomic mass is 10.1. The number of thioether (sulfide) groups is 1. The Kier molecular flexibility index (Phi) is 9.00. The van der Waals surface area contributed by atoms with E-state index in [9.17, 15) is 14.4 Å². The van der Waals surface area contributed by atoms with Gasteiger partial charge in [0.05, 0.1) is 31.1 Å². The number of fused-ring (bicyclic) bond motifs is 1. The highest BCUT2D eigenvalue weighted by Crippen LogP contribution is 2.38. The fraction of sp³-hybridized carbons (Fsp3) is 0.222. The maximum atomic E-state index is 12.4. The maximum absolute atomic E-state index is 12.4. The quantitative estimate of drug-likeness (QED) is 0.104. The summed E-state index contributed by atoms with van der Waals surface area (Å²) < 4.78 is 27.2. The molecule has 12 heteroatoms. The highest BCUT2D eigenvalue weighted by molar-refractivity contribution is 8.13. The number of benzene rings is 3. The van der Waals surface area contributed by atoms with Gasteiger partial charge in [-0.25, -0.2) is 14.4 Å². The third kappa shape index (κ3) is 6.47. The van der Waals surface area contributed by atoms with Crippen LogP contribution in [0.15, 0.2) is 65.8 Å². The molecular weight excluding hydrogens is 526 g/mol. The monoisotopic (exact) mass is 551 g/mol. The predicted octanol–water partition coefficient (Wildman–Crippen LogP) is 6.41. The fourth-order valence-corrected chi connectivity index (χ4v) is 4.35. The van der Waals surface area contributed by atoms with Gasteiger partial charge in [0.15, 0.2) is 5.82 Å². The lowest BCUT2D eigenvalue weighted by molar-refractivity contribution is 0.103. The normalized spacial score (nSPS) is 10.6. The molecule has 0 radical (unpaired) electrons. The Hall–Kier alpha value is -4.58. The molecule has 0 aliphatic heterocycles. The van der Waals surface area contributed by atoms with Crippen LogP contribution in [-0.4, -0.2) is 52.2 Å². The molecule has 39 heavy (non-hydrogen) atoms. The molecule has 202 valence electrons. The summed E-state index contributed by atoms with van der Waals surface area (Å²) in [5.74, 6) is 0.297. The fourth-order valence-electron chi connectivity index (χ4n) is 3.67. The molecular formula is C27H25N3O8S. The first-order valence-corrected chi connectivity index (χ1v) is 12.9. The number of rotatable bonds is 8. The molecule has 0 saturated heterocycles. The number of nitrogens with zero attached hydrogens (tertiary/aromatic N) is 3. The summed E-state index contributed by atoms with van der Waals surface area (Å²) in [6, 6.07) is 17.8. The molecule has 0 unspecified atom stereocenters. The van der Waals surface area contributed by atoms with E-state index in [0.29, 0.717) is 11.3 Å². The number of aromatic nitrogens is 3. The lowest BCUT2D eigenvalue weighted by Gasteiger charge is -2.15. The summed E-state index contributed by atoms with van der Waals surface area (Å²) in [6.07, 6.45) is -1.89. The van der Waals surface area contributed by atoms with Gasteiger partial charge < -0.3 is 23.7 Å². The Morgan fingerprint density at radius 1 is 0.795 bits per heavy atom. The van der Waals surface area contributed by atoms with Crippen LogP contribution in [-0.2, 0) is 14.2 Å². The minimum atomic E-state index is -0.968. The minimum Gasteiger partial charge on any atom is -0.458 e. The van der Waals surface area contributed by atoms with Gasteiger partial charge >= 0.3 is 17.6 Å². The number of hydrogen-bond acceptors (Lipinski definition) is 11. The van der Waals surface area contributed by atoms with Gasteiger partial charge in [-0.3, -0.25) is 4.57 Å². The summed E-state index contributed by atoms with van der Waals surface area (Å²) in [5, 5.41) is 10.1. The molecule has 0 aliphatic rings. The van der Waals surface area contributed by atoms with Crippen LogP contribution in [0.1, 0.15) is 20.8 Å². The average molecular weight is 552 g/mol. The van der Waals surface area contributed by atoms with Crippen molar-refractivity contribution in [2.75, 3.05) is 19.8 Å². The molecule has 4 rings (SSSR count). The maximum Gasteiger partial charge on any atom is 0.513 e. The molecule has 0 spiro atoms. The zero-order valence-electron chi connectivity index (χ0n) is 21.4. The standard InChI is InChI=1S/C27H25N3O8S/c1-4-34-25(31)37-18-14-15-20(22(16-18)38-26(32)35-5-2)23-28-29-24(39-27(33)36-6-3)30(23)21-13-9-11-17-10-7-8-12-19(17)21/h7-16H,4-6H2,1-3H3. The van der Waals surface area contributed by atoms with Crippen LogP contribution in [0.3, 0.4) is 0 Å². The highest BCUT2D eigenvalue weighted by atomic mass is 32.2. The zero-order chi connectivity index (χ0) is 27.8. The Labute approximate surface area is 228 Å². The van der Waals surface area contributed by atoms with E-state index < -0.39 is 17.6 Å². The largest absolute Gasteiger partial charge is 0.513 e. The van der Waals surface area contributed by atoms with Crippen LogP contribution in [0, 0.1) is 0 Å². The van der Waals surface area contributed by atoms with E-state index in [1.807, 2.05) is 42.5 Å². The highest BCUT2D eigenvalue weighted by Gasteiger charge is 2.25. The predicted molar refractivity (Wildman–Crippen MR) is 142 cm³/mol. The van der Waals surface area contributed by atoms with Crippen LogP contribution in [0.2, 0.25) is 0 Å². The summed E-state index contributed by atoms with van der Waals surface area (Å²) >= 11 is 0.769. The molecule has 11 nitrogen and oxygen atoms in total. The summed E-state index contributed by atoms with van der Waals surface area (Å²) in [5.41, 5.74) is 0.990. The van der Waals surface area contributed by atoms with Crippen LogP contribution >= 0.6 is 11.8 Å². The SMILES string of the molecule is CCOC(=O)Oc1ccc(-c2nnc(SC(=O)OCC)n2-c2cccc3ccccc23)c(OC(=O)OCC)c1. The Morgan fingerprint density at radius 3 is 2.23 bits per heavy atom. The Bertz CT molecular complexity index is 1500. The second-order valence-electron chi connectivity index (χ2n) is 7.65. The average Bonchev–Trinajstić information content (AvgIpc) is 3.31. The molecule has 0 atom stereocenters. The van der Waals surface area contributed by atoms with Crippen LogP contribution in [0.4, 0.5) is 14.4 Å². The van der Waals surface area contributed by atoms with Crippen molar-refractivity contribution in [3.05, 3.63) is 60.7 Å². The molecule has 4 aromatic rings. The van der Waals surface area contributed by atoms with E-state index in [1.165, 1.54) is 12.1 Å². The van der Waals surface area contributed by atoms with Crippen molar-refractivity contribution in [2.24, 2.45) is 0 Å². The van der Waals surface area contributed by atoms with Crippen LogP contribution in [0.5, 0.6) is 11.5 Å². The molecule has 0 saturated carbocycles. The second kappa shape index (κ2) is 12.8. The van der Waals surface area contributed by atoms with Gasteiger partial charge in [0.1, 0.15) is 11.5 Å². The lowest BCUT2D eigenvalue weighted by Crippen LogP contribution is -2.13. The minimum absolute atomic E-state index is 0.0168. The van der Waals surface area contributed by atoms with E-state index in [0.717, 1.165) is 22.5 Å². The van der Waals surface area contributed by atoms with Gasteiger partial charge in [-0.15, -0.1) is 10.2 Å². The zero-order valence-corrected chi connectivity index (χ0v) is 22.2. The van der Waals surface area contributed by atoms with Gasteiger partial charge in [0.25, 0.3) is 0 Å². The molecule has 1 heterocycles. The smallest absolute Gasteiger partial charge is 0.458 e. The molecule has 1 aromatic heterocycles. The number of ether oxygens (including phenoxy) is 5. The van der Waals surface area contributed by atoms with Gasteiger partial charge in [0.2, 0.25) is 5.16 Å². The molecule has 0 bridgehead atoms. The van der Waals surface area contributed by atoms with E-state index in [-0.39, 0.29) is 42.3 Å². The Morgan fingerprint density at radius 2 is 1.49 bits per heavy atom. The van der Waals surface area contributed by atoms with E-state index in [2.05, 4.69) is 10.2 Å². The van der Waals surface area contributed by atoms with Crippen molar-refractivity contribution in [3.63, 3.8) is 0 Å². The van der Waals surface area contributed by atoms with Gasteiger partial charge in [-0.1, -0.05) is 36.4 Å². The Balaban J connectivity index is 1.90. The van der Waals surface area contributed by atoms with Gasteiger partial charge in [-0.2, -0.15) is 0 Å². The van der Waals surface area contributed by atoms with Crippen molar-refractivity contribution in [3.8, 4) is 28.6 Å². The van der Waals surface area contributed by atoms with Crippen molar-refractivity contribution in [2.45, 2.75) is 25.9 Å². The van der Waals surface area contributed by atoms with Gasteiger partial charge in [0, 0.05) is 23.2 Å². The third-order valence-corrected chi connectivity index (χ3v) is 5.92. The third-order valence-electron chi connectivity index (χ3n) is 5.19. The van der Waals surface area contributed by atoms with Crippen molar-refractivity contribution < 1.29 is 38.1 Å². The summed E-state index contributed by atoms with van der Waals surface area (Å²) in [6.45, 7) is 5.39. The molecule has 0 aliphatic carbocycles. The van der Waals surface area contributed by atoms with Crippen LogP contribution < -0.4 is 9.47 Å². The number of carbonyl (C=O) groups excluding carboxylic acids is 3. The van der Waals surface area contributed by atoms with E-state index in [4.69, 9.17) is 23.7 Å². The first-order valence-electron chi connectivity index (χ1n) is 12.1. The van der Waals surface area contributed by atoms with E-state index >= 15 is 0 Å². The van der Waals surface area contributed by atoms with Crippen molar-refractivity contribution >= 4 is 40.1 Å². The van der Waals surface area contributed by atoms with E-state index in [1.54, 1.807) is 31.4 Å².